The molecule has 0 bridgehead atoms. The number of nitrogens with zero attached hydrogens (tertiary/aromatic N) is 2. The third-order valence-electron chi connectivity index (χ3n) is 4.55. The topological polar surface area (TPSA) is 97.3 Å². The molecule has 0 unspecified atom stereocenters. The molecule has 0 radical (unpaired) electrons. The Hall–Kier alpha value is -3.85. The number of hydrogen-bond donors (Lipinski definition) is 1. The van der Waals surface area contributed by atoms with Crippen LogP contribution in [-0.4, -0.2) is 40.8 Å². The van der Waals surface area contributed by atoms with Crippen LogP contribution in [-0.2, 0) is 14.8 Å². The van der Waals surface area contributed by atoms with E-state index in [4.69, 9.17) is 9.47 Å². The zero-order valence-corrected chi connectivity index (χ0v) is 19.2. The van der Waals surface area contributed by atoms with Crippen LogP contribution in [0.2, 0.25) is 0 Å². The third-order valence-corrected chi connectivity index (χ3v) is 6.32. The van der Waals surface area contributed by atoms with Crippen molar-refractivity contribution in [3.05, 3.63) is 84.4 Å². The van der Waals surface area contributed by atoms with E-state index < -0.39 is 22.5 Å². The fourth-order valence-electron chi connectivity index (χ4n) is 3.03. The number of benzene rings is 3. The van der Waals surface area contributed by atoms with Gasteiger partial charge in [-0.15, -0.1) is 0 Å². The first-order valence-corrected chi connectivity index (χ1v) is 11.6. The molecule has 9 heteroatoms. The van der Waals surface area contributed by atoms with Gasteiger partial charge in [-0.1, -0.05) is 42.5 Å². The Balaban J connectivity index is 1.87. The summed E-state index contributed by atoms with van der Waals surface area (Å²) < 4.78 is 38.6. The molecule has 1 N–H and O–H groups in total. The molecule has 0 aliphatic carbocycles. The van der Waals surface area contributed by atoms with Gasteiger partial charge in [0.2, 0.25) is 0 Å². The van der Waals surface area contributed by atoms with Crippen LogP contribution >= 0.6 is 0 Å². The van der Waals surface area contributed by atoms with Crippen LogP contribution in [0.1, 0.15) is 12.5 Å². The summed E-state index contributed by atoms with van der Waals surface area (Å²) in [5, 5.41) is 3.94. The standard InChI is InChI=1S/C24H25N3O5S/c1-3-32-23-15-8-7-14-22(23)27(33(29,30)21-12-5-4-6-13-21)18-24(28)26-25-17-19-10-9-11-20(16-19)31-2/h4-17H,3,18H2,1-2H3,(H,26,28)/b25-17+. The molecule has 0 atom stereocenters. The average molecular weight is 468 g/mol. The van der Waals surface area contributed by atoms with Gasteiger partial charge >= 0.3 is 0 Å². The van der Waals surface area contributed by atoms with Crippen LogP contribution in [0.15, 0.2) is 88.9 Å². The van der Waals surface area contributed by atoms with E-state index in [1.165, 1.54) is 18.3 Å². The second-order valence-electron chi connectivity index (χ2n) is 6.80. The molecule has 1 amide bonds. The van der Waals surface area contributed by atoms with Crippen molar-refractivity contribution < 1.29 is 22.7 Å². The molecular weight excluding hydrogens is 442 g/mol. The van der Waals surface area contributed by atoms with E-state index >= 15 is 0 Å². The first-order chi connectivity index (χ1) is 16.0. The summed E-state index contributed by atoms with van der Waals surface area (Å²) in [6.07, 6.45) is 1.45. The first-order valence-electron chi connectivity index (χ1n) is 10.2. The second kappa shape index (κ2) is 11.1. The highest BCUT2D eigenvalue weighted by atomic mass is 32.2. The minimum absolute atomic E-state index is 0.0592. The highest BCUT2D eigenvalue weighted by Gasteiger charge is 2.29. The number of rotatable bonds is 10. The molecule has 0 fully saturated rings. The number of ether oxygens (including phenoxy) is 2. The highest BCUT2D eigenvalue weighted by Crippen LogP contribution is 2.32. The molecule has 0 heterocycles. The van der Waals surface area contributed by atoms with E-state index in [2.05, 4.69) is 10.5 Å². The normalized spacial score (nSPS) is 11.2. The number of hydrogen-bond acceptors (Lipinski definition) is 6. The molecule has 8 nitrogen and oxygen atoms in total. The number of nitrogens with one attached hydrogen (secondary N) is 1. The number of carbonyl (C=O) groups excluding carboxylic acids is 1. The van der Waals surface area contributed by atoms with Gasteiger partial charge in [-0.2, -0.15) is 5.10 Å². The zero-order chi connectivity index (χ0) is 23.7. The van der Waals surface area contributed by atoms with Crippen molar-refractivity contribution in [3.63, 3.8) is 0 Å². The molecular formula is C24H25N3O5S. The Morgan fingerprint density at radius 3 is 2.48 bits per heavy atom. The molecule has 3 aromatic rings. The average Bonchev–Trinajstić information content (AvgIpc) is 2.84. The van der Waals surface area contributed by atoms with E-state index in [1.807, 2.05) is 0 Å². The van der Waals surface area contributed by atoms with Crippen molar-refractivity contribution in [3.8, 4) is 11.5 Å². The van der Waals surface area contributed by atoms with Crippen molar-refractivity contribution >= 4 is 27.8 Å². The first kappa shape index (κ1) is 23.8. The second-order valence-corrected chi connectivity index (χ2v) is 8.66. The Bertz CT molecular complexity index is 1210. The summed E-state index contributed by atoms with van der Waals surface area (Å²) in [6.45, 7) is 1.65. The van der Waals surface area contributed by atoms with Crippen LogP contribution < -0.4 is 19.2 Å². The predicted molar refractivity (Wildman–Crippen MR) is 127 cm³/mol. The molecule has 0 aliphatic heterocycles. The van der Waals surface area contributed by atoms with Gasteiger partial charge in [0.25, 0.3) is 15.9 Å². The maximum Gasteiger partial charge on any atom is 0.264 e. The molecule has 33 heavy (non-hydrogen) atoms. The van der Waals surface area contributed by atoms with Gasteiger partial charge in [0.05, 0.1) is 30.5 Å². The fraction of sp³-hybridized carbons (Fsp3) is 0.167. The van der Waals surface area contributed by atoms with Gasteiger partial charge in [-0.05, 0) is 48.9 Å². The monoisotopic (exact) mass is 467 g/mol. The largest absolute Gasteiger partial charge is 0.497 e. The van der Waals surface area contributed by atoms with Gasteiger partial charge in [-0.25, -0.2) is 13.8 Å². The van der Waals surface area contributed by atoms with Crippen molar-refractivity contribution in [2.24, 2.45) is 5.10 Å². The summed E-state index contributed by atoms with van der Waals surface area (Å²) in [5.41, 5.74) is 3.36. The van der Waals surface area contributed by atoms with Gasteiger partial charge < -0.3 is 9.47 Å². The van der Waals surface area contributed by atoms with Crippen molar-refractivity contribution in [2.75, 3.05) is 24.6 Å². The number of para-hydroxylation sites is 2. The fourth-order valence-corrected chi connectivity index (χ4v) is 4.48. The van der Waals surface area contributed by atoms with Crippen molar-refractivity contribution in [1.82, 2.24) is 5.43 Å². The minimum atomic E-state index is -4.05. The lowest BCUT2D eigenvalue weighted by Gasteiger charge is -2.25. The number of anilines is 1. The molecule has 0 aromatic heterocycles. The predicted octanol–water partition coefficient (Wildman–Crippen LogP) is 3.44. The molecule has 0 saturated carbocycles. The molecule has 3 rings (SSSR count). The number of hydrazone groups is 1. The smallest absolute Gasteiger partial charge is 0.264 e. The molecule has 0 spiro atoms. The van der Waals surface area contributed by atoms with Crippen LogP contribution in [0, 0.1) is 0 Å². The Kier molecular flexibility index (Phi) is 8.04. The van der Waals surface area contributed by atoms with Crippen LogP contribution in [0.25, 0.3) is 0 Å². The van der Waals surface area contributed by atoms with Gasteiger partial charge in [0.15, 0.2) is 0 Å². The molecule has 0 saturated heterocycles. The zero-order valence-electron chi connectivity index (χ0n) is 18.3. The number of methoxy groups -OCH3 is 1. The van der Waals surface area contributed by atoms with E-state index in [9.17, 15) is 13.2 Å². The van der Waals surface area contributed by atoms with Crippen molar-refractivity contribution in [2.45, 2.75) is 11.8 Å². The number of amides is 1. The molecule has 0 aliphatic rings. The van der Waals surface area contributed by atoms with Gasteiger partial charge in [-0.3, -0.25) is 9.10 Å². The SMILES string of the molecule is CCOc1ccccc1N(CC(=O)N/N=C/c1cccc(OC)c1)S(=O)(=O)c1ccccc1. The summed E-state index contributed by atoms with van der Waals surface area (Å²) in [6, 6.07) is 21.7. The van der Waals surface area contributed by atoms with Gasteiger partial charge in [0, 0.05) is 0 Å². The van der Waals surface area contributed by atoms with Crippen LogP contribution in [0.4, 0.5) is 5.69 Å². The van der Waals surface area contributed by atoms with Gasteiger partial charge in [0.1, 0.15) is 18.0 Å². The molecule has 172 valence electrons. The Morgan fingerprint density at radius 2 is 1.76 bits per heavy atom. The lowest BCUT2D eigenvalue weighted by atomic mass is 10.2. The third kappa shape index (κ3) is 6.11. The maximum atomic E-state index is 13.4. The Labute approximate surface area is 193 Å². The number of carbonyl (C=O) groups is 1. The van der Waals surface area contributed by atoms with E-state index in [0.717, 1.165) is 4.31 Å². The summed E-state index contributed by atoms with van der Waals surface area (Å²) in [4.78, 5) is 12.8. The van der Waals surface area contributed by atoms with E-state index in [0.29, 0.717) is 23.7 Å². The van der Waals surface area contributed by atoms with Crippen molar-refractivity contribution in [1.29, 1.82) is 0 Å². The summed E-state index contributed by atoms with van der Waals surface area (Å²) in [5.74, 6) is 0.394. The molecule has 3 aromatic carbocycles. The Morgan fingerprint density at radius 1 is 1.03 bits per heavy atom. The quantitative estimate of drug-likeness (QED) is 0.364. The minimum Gasteiger partial charge on any atom is -0.497 e. The van der Waals surface area contributed by atoms with Crippen LogP contribution in [0.3, 0.4) is 0 Å². The lowest BCUT2D eigenvalue weighted by Crippen LogP contribution is -2.39. The van der Waals surface area contributed by atoms with E-state index in [1.54, 1.807) is 80.8 Å². The number of sulfonamides is 1. The van der Waals surface area contributed by atoms with Crippen LogP contribution in [0.5, 0.6) is 11.5 Å². The summed E-state index contributed by atoms with van der Waals surface area (Å²) in [7, 11) is -2.50. The highest BCUT2D eigenvalue weighted by molar-refractivity contribution is 7.92. The lowest BCUT2D eigenvalue weighted by molar-refractivity contribution is -0.119. The summed E-state index contributed by atoms with van der Waals surface area (Å²) >= 11 is 0. The maximum absolute atomic E-state index is 13.4. The van der Waals surface area contributed by atoms with E-state index in [-0.39, 0.29) is 10.6 Å².